The summed E-state index contributed by atoms with van der Waals surface area (Å²) in [6.45, 7) is 4.42. The van der Waals surface area contributed by atoms with E-state index in [1.165, 1.54) is 19.5 Å². The molecule has 0 saturated carbocycles. The first-order valence-corrected chi connectivity index (χ1v) is 10.3. The number of rotatable bonds is 5. The average Bonchev–Trinajstić information content (AvgIpc) is 3.19. The lowest BCUT2D eigenvalue weighted by atomic mass is 9.99. The van der Waals surface area contributed by atoms with E-state index in [-0.39, 0.29) is 18.0 Å². The predicted octanol–water partition coefficient (Wildman–Crippen LogP) is 1.74. The minimum Gasteiger partial charge on any atom is -0.326 e. The SMILES string of the molecule is CCC[C@H]1NC(=O)N(C[NH+]2CCC[C@H](c3nc4ccccc4s3)C2)C1=O. The van der Waals surface area contributed by atoms with Gasteiger partial charge in [0.25, 0.3) is 5.91 Å². The Bertz CT molecular complexity index is 788. The molecule has 2 aliphatic heterocycles. The van der Waals surface area contributed by atoms with Crippen LogP contribution in [0.2, 0.25) is 0 Å². The largest absolute Gasteiger partial charge is 0.329 e. The van der Waals surface area contributed by atoms with E-state index in [2.05, 4.69) is 17.4 Å². The van der Waals surface area contributed by atoms with E-state index in [1.807, 2.05) is 19.1 Å². The molecule has 0 radical (unpaired) electrons. The molecule has 3 atom stereocenters. The molecule has 6 nitrogen and oxygen atoms in total. The molecular formula is C19H25N4O2S+. The molecule has 0 bridgehead atoms. The van der Waals surface area contributed by atoms with Crippen molar-refractivity contribution in [2.45, 2.75) is 44.6 Å². The van der Waals surface area contributed by atoms with Crippen LogP contribution in [-0.4, -0.2) is 47.6 Å². The van der Waals surface area contributed by atoms with Gasteiger partial charge in [0.05, 0.1) is 29.2 Å². The molecule has 1 aromatic heterocycles. The number of hydrogen-bond acceptors (Lipinski definition) is 4. The number of likely N-dealkylation sites (tertiary alicyclic amines) is 1. The highest BCUT2D eigenvalue weighted by Crippen LogP contribution is 2.30. The van der Waals surface area contributed by atoms with E-state index in [0.29, 0.717) is 19.0 Å². The standard InChI is InChI=1S/C19H24N4O2S/c1-2-6-15-18(24)23(19(25)21-15)12-22-10-5-7-13(11-22)17-20-14-8-3-4-9-16(14)26-17/h3-4,8-9,13,15H,2,5-7,10-12H2,1H3,(H,21,25)/p+1/t13-,15+/m0/s1. The molecule has 1 aromatic carbocycles. The molecule has 1 unspecified atom stereocenters. The van der Waals surface area contributed by atoms with Crippen molar-refractivity contribution in [1.29, 1.82) is 0 Å². The Labute approximate surface area is 157 Å². The highest BCUT2D eigenvalue weighted by atomic mass is 32.1. The van der Waals surface area contributed by atoms with Crippen molar-refractivity contribution in [3.05, 3.63) is 29.3 Å². The van der Waals surface area contributed by atoms with E-state index >= 15 is 0 Å². The molecule has 0 spiro atoms. The third-order valence-electron chi connectivity index (χ3n) is 5.34. The molecule has 7 heteroatoms. The van der Waals surface area contributed by atoms with Gasteiger partial charge in [0.15, 0.2) is 6.67 Å². The molecule has 0 aliphatic carbocycles. The number of urea groups is 1. The molecule has 4 rings (SSSR count). The number of quaternary nitrogens is 1. The summed E-state index contributed by atoms with van der Waals surface area (Å²) in [5.74, 6) is 0.342. The second-order valence-electron chi connectivity index (χ2n) is 7.28. The topological polar surface area (TPSA) is 66.7 Å². The zero-order chi connectivity index (χ0) is 18.1. The van der Waals surface area contributed by atoms with Gasteiger partial charge in [0.2, 0.25) is 0 Å². The minimum atomic E-state index is -0.336. The van der Waals surface area contributed by atoms with E-state index in [0.717, 1.165) is 37.9 Å². The number of thiazole rings is 1. The number of hydrogen-bond donors (Lipinski definition) is 2. The van der Waals surface area contributed by atoms with Crippen molar-refractivity contribution in [2.75, 3.05) is 19.8 Å². The second-order valence-corrected chi connectivity index (χ2v) is 8.34. The smallest absolute Gasteiger partial charge is 0.326 e. The number of piperidine rings is 1. The number of carbonyl (C=O) groups is 2. The maximum absolute atomic E-state index is 12.5. The summed E-state index contributed by atoms with van der Waals surface area (Å²) >= 11 is 1.77. The third kappa shape index (κ3) is 3.33. The molecule has 3 heterocycles. The fourth-order valence-electron chi connectivity index (χ4n) is 4.00. The number of para-hydroxylation sites is 1. The third-order valence-corrected chi connectivity index (χ3v) is 6.54. The first-order chi connectivity index (χ1) is 12.7. The van der Waals surface area contributed by atoms with E-state index < -0.39 is 0 Å². The minimum absolute atomic E-state index is 0.0635. The predicted molar refractivity (Wildman–Crippen MR) is 101 cm³/mol. The van der Waals surface area contributed by atoms with Crippen LogP contribution in [-0.2, 0) is 4.79 Å². The number of benzene rings is 1. The Kier molecular flexibility index (Phi) is 4.91. The molecular weight excluding hydrogens is 348 g/mol. The van der Waals surface area contributed by atoms with Gasteiger partial charge in [-0.2, -0.15) is 0 Å². The molecule has 2 fully saturated rings. The monoisotopic (exact) mass is 373 g/mol. The zero-order valence-corrected chi connectivity index (χ0v) is 15.8. The lowest BCUT2D eigenvalue weighted by Crippen LogP contribution is -3.15. The van der Waals surface area contributed by atoms with Crippen LogP contribution in [0.25, 0.3) is 10.2 Å². The quantitative estimate of drug-likeness (QED) is 0.785. The summed E-state index contributed by atoms with van der Waals surface area (Å²) in [5, 5.41) is 4.00. The first kappa shape index (κ1) is 17.4. The van der Waals surface area contributed by atoms with Crippen LogP contribution in [0.3, 0.4) is 0 Å². The van der Waals surface area contributed by atoms with Crippen LogP contribution in [0.4, 0.5) is 4.79 Å². The van der Waals surface area contributed by atoms with Crippen molar-refractivity contribution in [1.82, 2.24) is 15.2 Å². The van der Waals surface area contributed by atoms with Crippen molar-refractivity contribution in [2.24, 2.45) is 0 Å². The van der Waals surface area contributed by atoms with E-state index in [9.17, 15) is 9.59 Å². The van der Waals surface area contributed by atoms with Gasteiger partial charge in [-0.1, -0.05) is 25.5 Å². The summed E-state index contributed by atoms with van der Waals surface area (Å²) in [6.07, 6.45) is 3.82. The normalized spacial score (nSPS) is 26.5. The summed E-state index contributed by atoms with van der Waals surface area (Å²) in [5.41, 5.74) is 1.07. The van der Waals surface area contributed by atoms with Crippen LogP contribution in [0.5, 0.6) is 0 Å². The number of nitrogens with one attached hydrogen (secondary N) is 2. The molecule has 2 N–H and O–H groups in total. The zero-order valence-electron chi connectivity index (χ0n) is 15.0. The molecule has 2 saturated heterocycles. The van der Waals surface area contributed by atoms with E-state index in [4.69, 9.17) is 4.98 Å². The summed E-state index contributed by atoms with van der Waals surface area (Å²) in [7, 11) is 0. The number of aromatic nitrogens is 1. The fourth-order valence-corrected chi connectivity index (χ4v) is 5.11. The van der Waals surface area contributed by atoms with Crippen molar-refractivity contribution >= 4 is 33.5 Å². The molecule has 2 aliphatic rings. The highest BCUT2D eigenvalue weighted by Gasteiger charge is 2.40. The maximum Gasteiger partial charge on any atom is 0.329 e. The Balaban J connectivity index is 1.44. The number of amides is 3. The number of imide groups is 1. The number of fused-ring (bicyclic) bond motifs is 1. The van der Waals surface area contributed by atoms with Crippen molar-refractivity contribution in [3.8, 4) is 0 Å². The number of nitrogens with zero attached hydrogens (tertiary/aromatic N) is 2. The average molecular weight is 374 g/mol. The Morgan fingerprint density at radius 2 is 2.19 bits per heavy atom. The first-order valence-electron chi connectivity index (χ1n) is 9.46. The van der Waals surface area contributed by atoms with Gasteiger partial charge in [-0.3, -0.25) is 4.79 Å². The van der Waals surface area contributed by atoms with Crippen LogP contribution in [0, 0.1) is 0 Å². The van der Waals surface area contributed by atoms with Gasteiger partial charge in [-0.15, -0.1) is 11.3 Å². The molecule has 138 valence electrons. The molecule has 3 amide bonds. The molecule has 2 aromatic rings. The van der Waals surface area contributed by atoms with Gasteiger partial charge in [-0.05, 0) is 31.4 Å². The Hall–Kier alpha value is -1.99. The van der Waals surface area contributed by atoms with E-state index in [1.54, 1.807) is 11.3 Å². The van der Waals surface area contributed by atoms with Gasteiger partial charge in [-0.25, -0.2) is 14.7 Å². The van der Waals surface area contributed by atoms with Gasteiger partial charge < -0.3 is 10.2 Å². The Morgan fingerprint density at radius 1 is 1.35 bits per heavy atom. The maximum atomic E-state index is 12.5. The lowest BCUT2D eigenvalue weighted by Gasteiger charge is -2.30. The van der Waals surface area contributed by atoms with Crippen LogP contribution >= 0.6 is 11.3 Å². The van der Waals surface area contributed by atoms with Crippen molar-refractivity contribution in [3.63, 3.8) is 0 Å². The number of carbonyl (C=O) groups excluding carboxylic acids is 2. The molecule has 26 heavy (non-hydrogen) atoms. The summed E-state index contributed by atoms with van der Waals surface area (Å²) in [4.78, 5) is 32.2. The van der Waals surface area contributed by atoms with Gasteiger partial charge >= 0.3 is 6.03 Å². The summed E-state index contributed by atoms with van der Waals surface area (Å²) in [6, 6.07) is 7.68. The second kappa shape index (κ2) is 7.32. The van der Waals surface area contributed by atoms with Crippen molar-refractivity contribution < 1.29 is 14.5 Å². The van der Waals surface area contributed by atoms with Crippen LogP contribution in [0.15, 0.2) is 24.3 Å². The van der Waals surface area contributed by atoms with Gasteiger partial charge in [0.1, 0.15) is 11.0 Å². The summed E-state index contributed by atoms with van der Waals surface area (Å²) < 4.78 is 1.23. The highest BCUT2D eigenvalue weighted by molar-refractivity contribution is 7.18. The van der Waals surface area contributed by atoms with Crippen LogP contribution < -0.4 is 10.2 Å². The lowest BCUT2D eigenvalue weighted by molar-refractivity contribution is -0.913. The van der Waals surface area contributed by atoms with Crippen LogP contribution in [0.1, 0.15) is 43.5 Å². The fraction of sp³-hybridized carbons (Fsp3) is 0.526. The van der Waals surface area contributed by atoms with Gasteiger partial charge in [0, 0.05) is 0 Å². The Morgan fingerprint density at radius 3 is 3.00 bits per heavy atom.